The second-order valence-corrected chi connectivity index (χ2v) is 2.46. The molecule has 74 valence electrons. The predicted molar refractivity (Wildman–Crippen MR) is 45.8 cm³/mol. The first-order chi connectivity index (χ1) is 6.06. The Morgan fingerprint density at radius 1 is 1.38 bits per heavy atom. The topological polar surface area (TPSA) is 78.6 Å². The molecule has 0 fully saturated rings. The minimum absolute atomic E-state index is 0.129. The van der Waals surface area contributed by atoms with Gasteiger partial charge in [0.15, 0.2) is 0 Å². The Bertz CT molecular complexity index is 210. The van der Waals surface area contributed by atoms with Gasteiger partial charge in [0.25, 0.3) is 0 Å². The third kappa shape index (κ3) is 7.02. The number of hydrogen-bond donors (Lipinski definition) is 1. The van der Waals surface area contributed by atoms with Gasteiger partial charge in [0.05, 0.1) is 7.11 Å². The van der Waals surface area contributed by atoms with Gasteiger partial charge in [-0.15, -0.1) is 0 Å². The second kappa shape index (κ2) is 6.19. The van der Waals surface area contributed by atoms with Gasteiger partial charge in [0, 0.05) is 18.2 Å². The van der Waals surface area contributed by atoms with E-state index in [-0.39, 0.29) is 12.6 Å². The van der Waals surface area contributed by atoms with E-state index in [4.69, 9.17) is 5.73 Å². The van der Waals surface area contributed by atoms with Crippen molar-refractivity contribution in [2.45, 2.75) is 13.0 Å². The molecule has 13 heavy (non-hydrogen) atoms. The van der Waals surface area contributed by atoms with Crippen molar-refractivity contribution in [1.29, 1.82) is 0 Å². The maximum atomic E-state index is 10.8. The Labute approximate surface area is 76.5 Å². The number of esters is 2. The van der Waals surface area contributed by atoms with Crippen LogP contribution in [0.5, 0.6) is 0 Å². The number of methoxy groups -OCH3 is 1. The van der Waals surface area contributed by atoms with Crippen LogP contribution in [0.2, 0.25) is 0 Å². The molecule has 0 radical (unpaired) electrons. The molecule has 5 nitrogen and oxygen atoms in total. The average Bonchev–Trinajstić information content (AvgIpc) is 2.10. The lowest BCUT2D eigenvalue weighted by molar-refractivity contribution is -0.139. The van der Waals surface area contributed by atoms with E-state index in [0.717, 1.165) is 12.2 Å². The average molecular weight is 187 g/mol. The highest BCUT2D eigenvalue weighted by molar-refractivity contribution is 5.91. The van der Waals surface area contributed by atoms with Gasteiger partial charge in [0.2, 0.25) is 0 Å². The van der Waals surface area contributed by atoms with Crippen LogP contribution >= 0.6 is 0 Å². The van der Waals surface area contributed by atoms with Crippen LogP contribution in [0.25, 0.3) is 0 Å². The minimum Gasteiger partial charge on any atom is -0.466 e. The van der Waals surface area contributed by atoms with Crippen LogP contribution in [0.3, 0.4) is 0 Å². The minimum atomic E-state index is -0.609. The number of nitrogens with two attached hydrogens (primary N) is 1. The largest absolute Gasteiger partial charge is 0.466 e. The molecular weight excluding hydrogens is 174 g/mol. The Hall–Kier alpha value is -1.36. The zero-order valence-electron chi connectivity index (χ0n) is 7.65. The van der Waals surface area contributed by atoms with Gasteiger partial charge in [0.1, 0.15) is 6.61 Å². The molecule has 0 aromatic heterocycles. The molecule has 0 bridgehead atoms. The fraction of sp³-hybridized carbons (Fsp3) is 0.500. The molecule has 0 aliphatic heterocycles. The van der Waals surface area contributed by atoms with Crippen molar-refractivity contribution in [2.24, 2.45) is 5.73 Å². The SMILES string of the molecule is COC(=O)C=CC(=O)OCC(C)N. The van der Waals surface area contributed by atoms with Crippen molar-refractivity contribution in [1.82, 2.24) is 0 Å². The summed E-state index contributed by atoms with van der Waals surface area (Å²) in [7, 11) is 1.22. The molecule has 0 aliphatic rings. The lowest BCUT2D eigenvalue weighted by atomic mass is 10.4. The van der Waals surface area contributed by atoms with E-state index in [2.05, 4.69) is 9.47 Å². The summed E-state index contributed by atoms with van der Waals surface area (Å²) in [4.78, 5) is 21.3. The fourth-order valence-electron chi connectivity index (χ4n) is 0.466. The number of hydrogen-bond acceptors (Lipinski definition) is 5. The molecule has 0 aliphatic carbocycles. The maximum absolute atomic E-state index is 10.8. The van der Waals surface area contributed by atoms with E-state index in [1.54, 1.807) is 6.92 Å². The predicted octanol–water partition coefficient (Wildman–Crippen LogP) is -0.394. The maximum Gasteiger partial charge on any atom is 0.331 e. The van der Waals surface area contributed by atoms with Gasteiger partial charge in [-0.3, -0.25) is 0 Å². The van der Waals surface area contributed by atoms with Gasteiger partial charge in [-0.1, -0.05) is 0 Å². The zero-order valence-corrected chi connectivity index (χ0v) is 7.65. The van der Waals surface area contributed by atoms with E-state index in [9.17, 15) is 9.59 Å². The highest BCUT2D eigenvalue weighted by Gasteiger charge is 2.00. The Morgan fingerprint density at radius 2 is 1.92 bits per heavy atom. The third-order valence-corrected chi connectivity index (χ3v) is 1.05. The molecule has 0 heterocycles. The smallest absolute Gasteiger partial charge is 0.331 e. The summed E-state index contributed by atoms with van der Waals surface area (Å²) in [5.74, 6) is -1.21. The molecule has 1 unspecified atom stereocenters. The number of carbonyl (C=O) groups excluding carboxylic acids is 2. The van der Waals surface area contributed by atoms with E-state index in [1.807, 2.05) is 0 Å². The summed E-state index contributed by atoms with van der Waals surface area (Å²) in [6.07, 6.45) is 1.98. The molecule has 0 saturated carbocycles. The van der Waals surface area contributed by atoms with E-state index in [1.165, 1.54) is 7.11 Å². The first-order valence-electron chi connectivity index (χ1n) is 3.74. The second-order valence-electron chi connectivity index (χ2n) is 2.46. The van der Waals surface area contributed by atoms with Crippen molar-refractivity contribution >= 4 is 11.9 Å². The van der Waals surface area contributed by atoms with E-state index < -0.39 is 11.9 Å². The van der Waals surface area contributed by atoms with Crippen LogP contribution in [-0.2, 0) is 19.1 Å². The summed E-state index contributed by atoms with van der Waals surface area (Å²) in [5, 5.41) is 0. The van der Waals surface area contributed by atoms with E-state index >= 15 is 0 Å². The highest BCUT2D eigenvalue weighted by Crippen LogP contribution is 1.85. The Kier molecular flexibility index (Phi) is 5.54. The highest BCUT2D eigenvalue weighted by atomic mass is 16.5. The molecule has 0 aromatic carbocycles. The van der Waals surface area contributed by atoms with Crippen molar-refractivity contribution in [3.05, 3.63) is 12.2 Å². The van der Waals surface area contributed by atoms with Crippen LogP contribution in [0.4, 0.5) is 0 Å². The molecule has 1 atom stereocenters. The summed E-state index contributed by atoms with van der Waals surface area (Å²) in [6.45, 7) is 1.83. The molecular formula is C8H13NO4. The fourth-order valence-corrected chi connectivity index (χ4v) is 0.466. The van der Waals surface area contributed by atoms with Crippen LogP contribution in [-0.4, -0.2) is 31.7 Å². The number of rotatable bonds is 4. The summed E-state index contributed by atoms with van der Waals surface area (Å²) < 4.78 is 8.91. The molecule has 2 N–H and O–H groups in total. The van der Waals surface area contributed by atoms with Crippen molar-refractivity contribution in [3.63, 3.8) is 0 Å². The number of ether oxygens (including phenoxy) is 2. The molecule has 0 saturated heterocycles. The first kappa shape index (κ1) is 11.6. The molecule has 0 amide bonds. The van der Waals surface area contributed by atoms with E-state index in [0.29, 0.717) is 0 Å². The van der Waals surface area contributed by atoms with Crippen LogP contribution < -0.4 is 5.73 Å². The lowest BCUT2D eigenvalue weighted by Gasteiger charge is -2.03. The summed E-state index contributed by atoms with van der Waals surface area (Å²) >= 11 is 0. The lowest BCUT2D eigenvalue weighted by Crippen LogP contribution is -2.23. The molecule has 0 spiro atoms. The van der Waals surface area contributed by atoms with Crippen LogP contribution in [0, 0.1) is 0 Å². The monoisotopic (exact) mass is 187 g/mol. The zero-order chi connectivity index (χ0) is 10.3. The van der Waals surface area contributed by atoms with Crippen LogP contribution in [0.1, 0.15) is 6.92 Å². The Morgan fingerprint density at radius 3 is 2.38 bits per heavy atom. The van der Waals surface area contributed by atoms with Crippen molar-refractivity contribution in [2.75, 3.05) is 13.7 Å². The van der Waals surface area contributed by atoms with Gasteiger partial charge >= 0.3 is 11.9 Å². The first-order valence-corrected chi connectivity index (χ1v) is 3.74. The normalized spacial score (nSPS) is 12.5. The van der Waals surface area contributed by atoms with Crippen molar-refractivity contribution < 1.29 is 19.1 Å². The Balaban J connectivity index is 3.74. The van der Waals surface area contributed by atoms with Crippen molar-refractivity contribution in [3.8, 4) is 0 Å². The van der Waals surface area contributed by atoms with Gasteiger partial charge in [-0.05, 0) is 6.92 Å². The number of carbonyl (C=O) groups is 2. The third-order valence-electron chi connectivity index (χ3n) is 1.05. The summed E-state index contributed by atoms with van der Waals surface area (Å²) in [6, 6.07) is -0.213. The van der Waals surface area contributed by atoms with Crippen LogP contribution in [0.15, 0.2) is 12.2 Å². The molecule has 0 rings (SSSR count). The van der Waals surface area contributed by atoms with Gasteiger partial charge < -0.3 is 15.2 Å². The van der Waals surface area contributed by atoms with Gasteiger partial charge in [-0.25, -0.2) is 9.59 Å². The quantitative estimate of drug-likeness (QED) is 0.479. The molecule has 0 aromatic rings. The molecule has 5 heteroatoms. The van der Waals surface area contributed by atoms with Gasteiger partial charge in [-0.2, -0.15) is 0 Å². The standard InChI is InChI=1S/C8H13NO4/c1-6(9)5-13-8(11)4-3-7(10)12-2/h3-4,6H,5,9H2,1-2H3. The summed E-state index contributed by atoms with van der Waals surface area (Å²) in [5.41, 5.74) is 5.33.